The van der Waals surface area contributed by atoms with Gasteiger partial charge in [0.05, 0.1) is 25.4 Å². The van der Waals surface area contributed by atoms with Crippen molar-refractivity contribution in [3.8, 4) is 28.7 Å². The molecule has 0 amide bonds. The number of phenols is 4. The molecular formula is C32H40O20. The Bertz CT molecular complexity index is 1590. The molecule has 2 aromatic carbocycles. The first-order chi connectivity index (χ1) is 24.7. The summed E-state index contributed by atoms with van der Waals surface area (Å²) in [5, 5.41) is 134. The molecule has 0 aliphatic carbocycles. The number of fused-ring (bicyclic) bond motifs is 1. The van der Waals surface area contributed by atoms with Gasteiger partial charge in [0, 0.05) is 17.7 Å². The molecule has 0 radical (unpaired) electrons. The van der Waals surface area contributed by atoms with Gasteiger partial charge in [-0.1, -0.05) is 6.07 Å². The molecule has 4 aliphatic heterocycles. The van der Waals surface area contributed by atoms with Crippen LogP contribution >= 0.6 is 0 Å². The Hall–Kier alpha value is -3.58. The van der Waals surface area contributed by atoms with Crippen molar-refractivity contribution in [2.24, 2.45) is 0 Å². The molecule has 6 rings (SSSR count). The van der Waals surface area contributed by atoms with E-state index < -0.39 is 129 Å². The van der Waals surface area contributed by atoms with Crippen LogP contribution in [0.1, 0.15) is 17.2 Å². The van der Waals surface area contributed by atoms with Crippen LogP contribution in [0.4, 0.5) is 0 Å². The number of phenolic OH excluding ortho intramolecular Hbond substituents is 4. The minimum absolute atomic E-state index is 0.00607. The van der Waals surface area contributed by atoms with Crippen molar-refractivity contribution >= 4 is 6.08 Å². The number of aliphatic hydroxyl groups excluding tert-OH is 9. The first-order valence-corrected chi connectivity index (χ1v) is 16.1. The van der Waals surface area contributed by atoms with Crippen LogP contribution in [0.15, 0.2) is 36.1 Å². The average molecular weight is 745 g/mol. The van der Waals surface area contributed by atoms with Gasteiger partial charge >= 0.3 is 0 Å². The molecule has 4 heterocycles. The third kappa shape index (κ3) is 7.44. The summed E-state index contributed by atoms with van der Waals surface area (Å²) in [6.45, 7) is -1.93. The molecule has 52 heavy (non-hydrogen) atoms. The van der Waals surface area contributed by atoms with Gasteiger partial charge in [-0.2, -0.15) is 0 Å². The van der Waals surface area contributed by atoms with E-state index in [0.29, 0.717) is 0 Å². The fourth-order valence-corrected chi connectivity index (χ4v) is 6.14. The maximum absolute atomic E-state index is 11.4. The molecule has 3 fully saturated rings. The molecule has 288 valence electrons. The third-order valence-electron chi connectivity index (χ3n) is 9.11. The highest BCUT2D eigenvalue weighted by Gasteiger charge is 2.52. The SMILES string of the molecule is OC[C@H]1O[C@@H](OC[C@@H]2O[C@H](OC3=Cc4c(O)cc(O)cc4OC3c3ccc(O)c(O)c3)[C@@H](O[C@H]3OC[C@H](O)[C@H](O)[C@@H]3O)[C@@H](O)[C@H]2O)[C@@H](O)[C@@H](O)[C@@H]1O. The number of hydrogen-bond donors (Lipinski definition) is 13. The van der Waals surface area contributed by atoms with E-state index in [-0.39, 0.29) is 28.4 Å². The maximum atomic E-state index is 11.4. The van der Waals surface area contributed by atoms with Crippen molar-refractivity contribution in [3.63, 3.8) is 0 Å². The third-order valence-corrected chi connectivity index (χ3v) is 9.11. The fourth-order valence-electron chi connectivity index (χ4n) is 6.14. The van der Waals surface area contributed by atoms with Gasteiger partial charge in [-0.25, -0.2) is 0 Å². The Morgan fingerprint density at radius 2 is 1.37 bits per heavy atom. The summed E-state index contributed by atoms with van der Waals surface area (Å²) in [7, 11) is 0. The van der Waals surface area contributed by atoms with Crippen LogP contribution in [-0.4, -0.2) is 172 Å². The van der Waals surface area contributed by atoms with E-state index in [0.717, 1.165) is 18.2 Å². The lowest BCUT2D eigenvalue weighted by Gasteiger charge is -2.46. The van der Waals surface area contributed by atoms with E-state index in [2.05, 4.69) is 0 Å². The molecule has 0 aromatic heterocycles. The van der Waals surface area contributed by atoms with Crippen molar-refractivity contribution in [2.75, 3.05) is 19.8 Å². The van der Waals surface area contributed by atoms with Gasteiger partial charge in [-0.3, -0.25) is 0 Å². The highest BCUT2D eigenvalue weighted by molar-refractivity contribution is 5.69. The molecule has 0 bridgehead atoms. The summed E-state index contributed by atoms with van der Waals surface area (Å²) in [4.78, 5) is 0. The van der Waals surface area contributed by atoms with Crippen molar-refractivity contribution in [2.45, 2.75) is 92.1 Å². The van der Waals surface area contributed by atoms with Crippen LogP contribution in [0.5, 0.6) is 28.7 Å². The molecule has 20 nitrogen and oxygen atoms in total. The number of ether oxygens (including phenoxy) is 7. The lowest BCUT2D eigenvalue weighted by molar-refractivity contribution is -0.360. The number of benzene rings is 2. The first-order valence-electron chi connectivity index (χ1n) is 16.1. The second kappa shape index (κ2) is 15.4. The zero-order chi connectivity index (χ0) is 37.6. The Balaban J connectivity index is 1.32. The zero-order valence-electron chi connectivity index (χ0n) is 26.9. The molecule has 0 spiro atoms. The second-order valence-electron chi connectivity index (χ2n) is 12.7. The van der Waals surface area contributed by atoms with Crippen LogP contribution in [-0.2, 0) is 28.4 Å². The van der Waals surface area contributed by atoms with Gasteiger partial charge in [0.1, 0.15) is 84.0 Å². The molecule has 3 saturated heterocycles. The van der Waals surface area contributed by atoms with Crippen LogP contribution in [0.2, 0.25) is 0 Å². The predicted octanol–water partition coefficient (Wildman–Crippen LogP) is -3.91. The molecular weight excluding hydrogens is 704 g/mol. The quantitative estimate of drug-likeness (QED) is 0.109. The van der Waals surface area contributed by atoms with Crippen molar-refractivity contribution in [3.05, 3.63) is 47.2 Å². The monoisotopic (exact) mass is 744 g/mol. The summed E-state index contributed by atoms with van der Waals surface area (Å²) < 4.78 is 40.2. The Kier molecular flexibility index (Phi) is 11.3. The number of aromatic hydroxyl groups is 4. The van der Waals surface area contributed by atoms with Crippen molar-refractivity contribution < 1.29 is 99.5 Å². The lowest BCUT2D eigenvalue weighted by atomic mass is 9.97. The maximum Gasteiger partial charge on any atom is 0.229 e. The number of rotatable bonds is 9. The van der Waals surface area contributed by atoms with E-state index in [1.807, 2.05) is 0 Å². The van der Waals surface area contributed by atoms with Crippen LogP contribution < -0.4 is 4.74 Å². The van der Waals surface area contributed by atoms with E-state index in [1.165, 1.54) is 18.2 Å². The summed E-state index contributed by atoms with van der Waals surface area (Å²) >= 11 is 0. The molecule has 13 N–H and O–H groups in total. The standard InChI is InChI=1S/C32H40O20/c33-7-19-22(40)24(42)27(45)30(50-19)47-9-20-23(41)25(43)29(52-31-26(44)21(39)16(38)8-46-31)32(51-20)49-18-6-12-14(36)4-11(34)5-17(12)48-28(18)10-1-2-13(35)15(37)3-10/h1-6,16,19-45H,7-9H2/t16-,19+,20-,21-,22+,23-,24-,25-,26-,27-,28?,29-,30+,31+,32-/m0/s1. The van der Waals surface area contributed by atoms with Crippen LogP contribution in [0, 0.1) is 0 Å². The van der Waals surface area contributed by atoms with Gasteiger partial charge in [0.15, 0.2) is 36.3 Å². The van der Waals surface area contributed by atoms with Gasteiger partial charge in [0.2, 0.25) is 6.29 Å². The van der Waals surface area contributed by atoms with Crippen LogP contribution in [0.25, 0.3) is 6.08 Å². The smallest absolute Gasteiger partial charge is 0.229 e. The Morgan fingerprint density at radius 1 is 0.673 bits per heavy atom. The van der Waals surface area contributed by atoms with Gasteiger partial charge in [-0.15, -0.1) is 0 Å². The van der Waals surface area contributed by atoms with Gasteiger partial charge < -0.3 is 99.5 Å². The van der Waals surface area contributed by atoms with E-state index in [4.69, 9.17) is 33.2 Å². The summed E-state index contributed by atoms with van der Waals surface area (Å²) in [6.07, 6.45) is -24.1. The van der Waals surface area contributed by atoms with E-state index >= 15 is 0 Å². The Morgan fingerprint density at radius 3 is 2.08 bits per heavy atom. The highest BCUT2D eigenvalue weighted by Crippen LogP contribution is 2.45. The van der Waals surface area contributed by atoms with Gasteiger partial charge in [-0.05, 0) is 18.2 Å². The van der Waals surface area contributed by atoms with Crippen molar-refractivity contribution in [1.82, 2.24) is 0 Å². The van der Waals surface area contributed by atoms with Crippen LogP contribution in [0.3, 0.4) is 0 Å². The number of hydrogen-bond acceptors (Lipinski definition) is 20. The first kappa shape index (κ1) is 38.2. The summed E-state index contributed by atoms with van der Waals surface area (Å²) in [5.41, 5.74) is 0.168. The molecule has 0 saturated carbocycles. The minimum atomic E-state index is -1.96. The molecule has 20 heteroatoms. The molecule has 1 unspecified atom stereocenters. The van der Waals surface area contributed by atoms with Crippen molar-refractivity contribution in [1.29, 1.82) is 0 Å². The summed E-state index contributed by atoms with van der Waals surface area (Å²) in [6, 6.07) is 5.84. The summed E-state index contributed by atoms with van der Waals surface area (Å²) in [5.74, 6) is -2.06. The normalized spacial score (nSPS) is 39.2. The predicted molar refractivity (Wildman–Crippen MR) is 165 cm³/mol. The van der Waals surface area contributed by atoms with E-state index in [1.54, 1.807) is 0 Å². The fraction of sp³-hybridized carbons (Fsp3) is 0.562. The average Bonchev–Trinajstić information content (AvgIpc) is 3.11. The molecule has 15 atom stereocenters. The molecule has 4 aliphatic rings. The minimum Gasteiger partial charge on any atom is -0.508 e. The second-order valence-corrected chi connectivity index (χ2v) is 12.7. The number of aliphatic hydroxyl groups is 9. The van der Waals surface area contributed by atoms with Gasteiger partial charge in [0.25, 0.3) is 0 Å². The lowest BCUT2D eigenvalue weighted by Crippen LogP contribution is -2.64. The Labute approximate surface area is 293 Å². The molecule has 2 aromatic rings. The topological polar surface area (TPSA) is 328 Å². The zero-order valence-corrected chi connectivity index (χ0v) is 26.9. The largest absolute Gasteiger partial charge is 0.508 e. The highest BCUT2D eigenvalue weighted by atomic mass is 16.8. The van der Waals surface area contributed by atoms with E-state index in [9.17, 15) is 66.4 Å².